The van der Waals surface area contributed by atoms with Crippen molar-refractivity contribution in [1.29, 1.82) is 0 Å². The van der Waals surface area contributed by atoms with Gasteiger partial charge in [-0.25, -0.2) is 13.6 Å². The van der Waals surface area contributed by atoms with E-state index in [0.717, 1.165) is 18.2 Å². The topological polar surface area (TPSA) is 84.5 Å². The van der Waals surface area contributed by atoms with Gasteiger partial charge in [0.1, 0.15) is 6.42 Å². The maximum Gasteiger partial charge on any atom is 0.337 e. The summed E-state index contributed by atoms with van der Waals surface area (Å²) in [5.41, 5.74) is 0.297. The number of rotatable bonds is 5. The summed E-state index contributed by atoms with van der Waals surface area (Å²) in [7, 11) is 1.21. The Morgan fingerprint density at radius 2 is 1.69 bits per heavy atom. The van der Waals surface area contributed by atoms with Crippen molar-refractivity contribution in [3.8, 4) is 0 Å². The molecule has 136 valence electrons. The van der Waals surface area contributed by atoms with Gasteiger partial charge < -0.3 is 15.4 Å². The average molecular weight is 383 g/mol. The fourth-order valence-electron chi connectivity index (χ4n) is 1.99. The zero-order chi connectivity index (χ0) is 19.3. The number of esters is 1. The Morgan fingerprint density at radius 3 is 2.35 bits per heavy atom. The van der Waals surface area contributed by atoms with Crippen molar-refractivity contribution in [3.63, 3.8) is 0 Å². The van der Waals surface area contributed by atoms with E-state index in [0.29, 0.717) is 0 Å². The zero-order valence-electron chi connectivity index (χ0n) is 13.4. The molecular weight excluding hydrogens is 370 g/mol. The fraction of sp³-hybridized carbons (Fsp3) is 0.118. The molecule has 2 amide bonds. The maximum atomic E-state index is 13.1. The Bertz CT molecular complexity index is 874. The summed E-state index contributed by atoms with van der Waals surface area (Å²) in [6, 6.07) is 6.92. The van der Waals surface area contributed by atoms with E-state index in [1.165, 1.54) is 25.3 Å². The molecule has 2 aromatic carbocycles. The van der Waals surface area contributed by atoms with E-state index in [4.69, 9.17) is 11.6 Å². The molecule has 0 unspecified atom stereocenters. The van der Waals surface area contributed by atoms with Crippen molar-refractivity contribution in [1.82, 2.24) is 0 Å². The van der Waals surface area contributed by atoms with Crippen molar-refractivity contribution >= 4 is 40.8 Å². The van der Waals surface area contributed by atoms with E-state index < -0.39 is 35.8 Å². The quantitative estimate of drug-likeness (QED) is 0.613. The smallest absolute Gasteiger partial charge is 0.337 e. The fourth-order valence-corrected chi connectivity index (χ4v) is 2.15. The second-order valence-electron chi connectivity index (χ2n) is 5.09. The monoisotopic (exact) mass is 382 g/mol. The number of halogens is 3. The van der Waals surface area contributed by atoms with Crippen LogP contribution in [0.25, 0.3) is 0 Å². The second kappa shape index (κ2) is 8.39. The molecule has 26 heavy (non-hydrogen) atoms. The first-order valence-corrected chi connectivity index (χ1v) is 7.60. The zero-order valence-corrected chi connectivity index (χ0v) is 14.2. The SMILES string of the molecule is COC(=O)c1ccc(Cl)c(NC(=O)CC(=O)Nc2ccc(F)c(F)c2)c1. The Labute approximate surface area is 152 Å². The van der Waals surface area contributed by atoms with E-state index in [1.54, 1.807) is 0 Å². The molecule has 0 bridgehead atoms. The van der Waals surface area contributed by atoms with Crippen LogP contribution >= 0.6 is 11.6 Å². The molecule has 2 rings (SSSR count). The van der Waals surface area contributed by atoms with Crippen LogP contribution in [-0.2, 0) is 14.3 Å². The van der Waals surface area contributed by atoms with Crippen LogP contribution in [0.1, 0.15) is 16.8 Å². The van der Waals surface area contributed by atoms with Crippen LogP contribution in [-0.4, -0.2) is 24.9 Å². The molecule has 0 saturated heterocycles. The molecule has 2 N–H and O–H groups in total. The Hall–Kier alpha value is -3.00. The number of carbonyl (C=O) groups excluding carboxylic acids is 3. The van der Waals surface area contributed by atoms with Crippen LogP contribution in [0.4, 0.5) is 20.2 Å². The number of carbonyl (C=O) groups is 3. The number of hydrogen-bond acceptors (Lipinski definition) is 4. The summed E-state index contributed by atoms with van der Waals surface area (Å²) < 4.78 is 30.5. The van der Waals surface area contributed by atoms with Gasteiger partial charge >= 0.3 is 5.97 Å². The number of methoxy groups -OCH3 is 1. The molecule has 0 saturated carbocycles. The highest BCUT2D eigenvalue weighted by Crippen LogP contribution is 2.23. The first-order chi connectivity index (χ1) is 12.3. The van der Waals surface area contributed by atoms with E-state index in [-0.39, 0.29) is 22.0 Å². The predicted molar refractivity (Wildman–Crippen MR) is 91.0 cm³/mol. The van der Waals surface area contributed by atoms with Gasteiger partial charge in [-0.2, -0.15) is 0 Å². The molecule has 0 aromatic heterocycles. The third-order valence-electron chi connectivity index (χ3n) is 3.19. The van der Waals surface area contributed by atoms with Gasteiger partial charge in [0.2, 0.25) is 11.8 Å². The van der Waals surface area contributed by atoms with Crippen molar-refractivity contribution in [2.45, 2.75) is 6.42 Å². The first-order valence-electron chi connectivity index (χ1n) is 7.22. The maximum absolute atomic E-state index is 13.1. The van der Waals surface area contributed by atoms with E-state index in [2.05, 4.69) is 15.4 Å². The lowest BCUT2D eigenvalue weighted by Crippen LogP contribution is -2.21. The van der Waals surface area contributed by atoms with Crippen molar-refractivity contribution in [2.24, 2.45) is 0 Å². The molecule has 0 atom stereocenters. The summed E-state index contributed by atoms with van der Waals surface area (Å²) in [5.74, 6) is -4.25. The van der Waals surface area contributed by atoms with Crippen LogP contribution in [0.5, 0.6) is 0 Å². The van der Waals surface area contributed by atoms with Gasteiger partial charge in [0, 0.05) is 11.8 Å². The average Bonchev–Trinajstić information content (AvgIpc) is 2.59. The number of benzene rings is 2. The normalized spacial score (nSPS) is 10.2. The van der Waals surface area contributed by atoms with Crippen LogP contribution < -0.4 is 10.6 Å². The van der Waals surface area contributed by atoms with Crippen molar-refractivity contribution < 1.29 is 27.9 Å². The largest absolute Gasteiger partial charge is 0.465 e. The Balaban J connectivity index is 2.00. The van der Waals surface area contributed by atoms with E-state index in [1.807, 2.05) is 0 Å². The van der Waals surface area contributed by atoms with Gasteiger partial charge in [-0.3, -0.25) is 9.59 Å². The minimum atomic E-state index is -1.13. The highest BCUT2D eigenvalue weighted by atomic mass is 35.5. The molecule has 9 heteroatoms. The second-order valence-corrected chi connectivity index (χ2v) is 5.50. The lowest BCUT2D eigenvalue weighted by atomic mass is 10.2. The lowest BCUT2D eigenvalue weighted by molar-refractivity contribution is -0.123. The summed E-state index contributed by atoms with van der Waals surface area (Å²) >= 11 is 5.94. The van der Waals surface area contributed by atoms with Gasteiger partial charge in [-0.15, -0.1) is 0 Å². The van der Waals surface area contributed by atoms with E-state index >= 15 is 0 Å². The van der Waals surface area contributed by atoms with E-state index in [9.17, 15) is 23.2 Å². The molecule has 0 aliphatic rings. The summed E-state index contributed by atoms with van der Waals surface area (Å²) in [5, 5.41) is 4.82. The highest BCUT2D eigenvalue weighted by molar-refractivity contribution is 6.34. The summed E-state index contributed by atoms with van der Waals surface area (Å²) in [6.45, 7) is 0. The number of amides is 2. The predicted octanol–water partition coefficient (Wildman–Crippen LogP) is 3.37. The number of ether oxygens (including phenoxy) is 1. The van der Waals surface area contributed by atoms with Gasteiger partial charge in [-0.1, -0.05) is 11.6 Å². The first kappa shape index (κ1) is 19.3. The van der Waals surface area contributed by atoms with Crippen molar-refractivity contribution in [3.05, 3.63) is 58.6 Å². The highest BCUT2D eigenvalue weighted by Gasteiger charge is 2.14. The summed E-state index contributed by atoms with van der Waals surface area (Å²) in [4.78, 5) is 35.3. The molecule has 0 heterocycles. The van der Waals surface area contributed by atoms with Gasteiger partial charge in [0.15, 0.2) is 11.6 Å². The third-order valence-corrected chi connectivity index (χ3v) is 3.52. The molecule has 6 nitrogen and oxygen atoms in total. The lowest BCUT2D eigenvalue weighted by Gasteiger charge is -2.09. The van der Waals surface area contributed by atoms with Gasteiger partial charge in [0.05, 0.1) is 23.4 Å². The van der Waals surface area contributed by atoms with Crippen LogP contribution in [0.2, 0.25) is 5.02 Å². The van der Waals surface area contributed by atoms with Crippen LogP contribution in [0.15, 0.2) is 36.4 Å². The Morgan fingerprint density at radius 1 is 1.00 bits per heavy atom. The van der Waals surface area contributed by atoms with Crippen molar-refractivity contribution in [2.75, 3.05) is 17.7 Å². The molecular formula is C17H13ClF2N2O4. The molecule has 0 spiro atoms. The third kappa shape index (κ3) is 5.00. The minimum Gasteiger partial charge on any atom is -0.465 e. The Kier molecular flexibility index (Phi) is 6.24. The van der Waals surface area contributed by atoms with Gasteiger partial charge in [-0.05, 0) is 30.3 Å². The number of anilines is 2. The number of hydrogen-bond donors (Lipinski definition) is 2. The molecule has 0 aliphatic carbocycles. The number of nitrogens with one attached hydrogen (secondary N) is 2. The molecule has 2 aromatic rings. The van der Waals surface area contributed by atoms with Gasteiger partial charge in [0.25, 0.3) is 0 Å². The standard InChI is InChI=1S/C17H13ClF2N2O4/c1-26-17(25)9-2-4-11(18)14(6-9)22-16(24)8-15(23)21-10-3-5-12(19)13(20)7-10/h2-7H,8H2,1H3,(H,21,23)(H,22,24). The summed E-state index contributed by atoms with van der Waals surface area (Å²) in [6.07, 6.45) is -0.599. The molecule has 0 aliphatic heterocycles. The van der Waals surface area contributed by atoms with Crippen LogP contribution in [0, 0.1) is 11.6 Å². The van der Waals surface area contributed by atoms with Crippen LogP contribution in [0.3, 0.4) is 0 Å². The molecule has 0 fully saturated rings. The minimum absolute atomic E-state index is 0.00687. The molecule has 0 radical (unpaired) electrons.